The Morgan fingerprint density at radius 1 is 1.25 bits per heavy atom. The number of aromatic nitrogens is 3. The van der Waals surface area contributed by atoms with Crippen LogP contribution in [0.3, 0.4) is 0 Å². The first-order valence-electron chi connectivity index (χ1n) is 6.16. The van der Waals surface area contributed by atoms with E-state index in [1.807, 2.05) is 6.92 Å². The van der Waals surface area contributed by atoms with Crippen LogP contribution in [0.2, 0.25) is 0 Å². The number of nitrogens with zero attached hydrogens (tertiary/aromatic N) is 2. The number of rotatable bonds is 3. The van der Waals surface area contributed by atoms with Gasteiger partial charge in [-0.05, 0) is 25.1 Å². The van der Waals surface area contributed by atoms with Gasteiger partial charge < -0.3 is 14.8 Å². The highest BCUT2D eigenvalue weighted by molar-refractivity contribution is 5.78. The van der Waals surface area contributed by atoms with Crippen LogP contribution in [0, 0.1) is 5.82 Å². The van der Waals surface area contributed by atoms with Crippen LogP contribution in [-0.4, -0.2) is 26.7 Å². The number of fused-ring (bicyclic) bond motifs is 1. The highest BCUT2D eigenvalue weighted by Crippen LogP contribution is 2.29. The number of hydrogen-bond acceptors (Lipinski definition) is 4. The van der Waals surface area contributed by atoms with E-state index in [1.54, 1.807) is 12.1 Å². The molecule has 3 rings (SSSR count). The molecule has 0 fully saturated rings. The zero-order valence-corrected chi connectivity index (χ0v) is 10.7. The van der Waals surface area contributed by atoms with Crippen molar-refractivity contribution in [1.29, 1.82) is 0 Å². The number of hydrogen-bond donors (Lipinski definition) is 2. The summed E-state index contributed by atoms with van der Waals surface area (Å²) in [6, 6.07) is 7.30. The number of phenols is 1. The number of benzene rings is 1. The third-order valence-electron chi connectivity index (χ3n) is 2.83. The van der Waals surface area contributed by atoms with Crippen LogP contribution in [0.4, 0.5) is 4.39 Å². The Hall–Kier alpha value is -2.63. The van der Waals surface area contributed by atoms with Crippen LogP contribution in [0.25, 0.3) is 22.6 Å². The molecular formula is C14H12FN3O2. The minimum atomic E-state index is -0.501. The molecule has 0 bridgehead atoms. The second-order valence-electron chi connectivity index (χ2n) is 4.20. The molecule has 5 nitrogen and oxygen atoms in total. The predicted octanol–water partition coefficient (Wildman–Crippen LogP) is 2.87. The van der Waals surface area contributed by atoms with Crippen molar-refractivity contribution in [2.24, 2.45) is 0 Å². The zero-order chi connectivity index (χ0) is 14.1. The van der Waals surface area contributed by atoms with E-state index in [-0.39, 0.29) is 5.75 Å². The van der Waals surface area contributed by atoms with Gasteiger partial charge in [0, 0.05) is 12.1 Å². The fraction of sp³-hybridized carbons (Fsp3) is 0.143. The quantitative estimate of drug-likeness (QED) is 0.769. The van der Waals surface area contributed by atoms with E-state index in [0.29, 0.717) is 35.0 Å². The molecule has 2 aromatic heterocycles. The summed E-state index contributed by atoms with van der Waals surface area (Å²) in [7, 11) is 0. The van der Waals surface area contributed by atoms with Gasteiger partial charge >= 0.3 is 0 Å². The Bertz CT molecular complexity index is 770. The smallest absolute Gasteiger partial charge is 0.215 e. The van der Waals surface area contributed by atoms with Crippen molar-refractivity contribution in [3.05, 3.63) is 36.1 Å². The van der Waals surface area contributed by atoms with Crippen LogP contribution in [0.5, 0.6) is 11.6 Å². The van der Waals surface area contributed by atoms with E-state index in [4.69, 9.17) is 4.74 Å². The molecule has 0 radical (unpaired) electrons. The summed E-state index contributed by atoms with van der Waals surface area (Å²) < 4.78 is 18.3. The number of ether oxygens (including phenoxy) is 1. The fourth-order valence-electron chi connectivity index (χ4n) is 1.94. The molecule has 0 saturated heterocycles. The van der Waals surface area contributed by atoms with E-state index in [0.717, 1.165) is 6.07 Å². The molecule has 0 saturated carbocycles. The van der Waals surface area contributed by atoms with E-state index in [1.165, 1.54) is 12.1 Å². The second-order valence-corrected chi connectivity index (χ2v) is 4.20. The van der Waals surface area contributed by atoms with E-state index in [9.17, 15) is 9.50 Å². The van der Waals surface area contributed by atoms with Crippen molar-refractivity contribution in [1.82, 2.24) is 15.0 Å². The van der Waals surface area contributed by atoms with Crippen molar-refractivity contribution in [2.45, 2.75) is 6.92 Å². The normalized spacial score (nSPS) is 10.9. The Labute approximate surface area is 114 Å². The molecule has 1 aromatic carbocycles. The summed E-state index contributed by atoms with van der Waals surface area (Å²) in [6.45, 7) is 2.40. The number of pyridine rings is 1. The van der Waals surface area contributed by atoms with Gasteiger partial charge in [-0.1, -0.05) is 0 Å². The molecule has 0 aliphatic carbocycles. The van der Waals surface area contributed by atoms with Crippen molar-refractivity contribution in [3.63, 3.8) is 0 Å². The average molecular weight is 273 g/mol. The van der Waals surface area contributed by atoms with Crippen LogP contribution in [0.1, 0.15) is 6.92 Å². The Kier molecular flexibility index (Phi) is 2.98. The summed E-state index contributed by atoms with van der Waals surface area (Å²) in [5.74, 6) is 0.244. The van der Waals surface area contributed by atoms with Gasteiger partial charge in [0.2, 0.25) is 5.88 Å². The second kappa shape index (κ2) is 4.80. The van der Waals surface area contributed by atoms with Crippen molar-refractivity contribution in [3.8, 4) is 23.0 Å². The minimum absolute atomic E-state index is 0.172. The molecule has 102 valence electrons. The molecule has 6 heteroatoms. The van der Waals surface area contributed by atoms with Gasteiger partial charge in [-0.25, -0.2) is 9.37 Å². The zero-order valence-electron chi connectivity index (χ0n) is 10.7. The number of H-pyrrole nitrogens is 1. The molecule has 0 unspecified atom stereocenters. The summed E-state index contributed by atoms with van der Waals surface area (Å²) in [5, 5.41) is 9.76. The maximum Gasteiger partial charge on any atom is 0.215 e. The van der Waals surface area contributed by atoms with Crippen LogP contribution in [0.15, 0.2) is 30.3 Å². The number of imidazole rings is 1. The van der Waals surface area contributed by atoms with Gasteiger partial charge in [0.25, 0.3) is 0 Å². The monoisotopic (exact) mass is 273 g/mol. The SMILES string of the molecule is CCOc1ccc2[nH]c(-c3ccc(F)cc3O)nc2n1. The Balaban J connectivity index is 2.08. The lowest BCUT2D eigenvalue weighted by atomic mass is 10.2. The third kappa shape index (κ3) is 2.16. The van der Waals surface area contributed by atoms with Crippen LogP contribution in [-0.2, 0) is 0 Å². The highest BCUT2D eigenvalue weighted by Gasteiger charge is 2.11. The average Bonchev–Trinajstić information content (AvgIpc) is 2.81. The predicted molar refractivity (Wildman–Crippen MR) is 72.1 cm³/mol. The highest BCUT2D eigenvalue weighted by atomic mass is 19.1. The first-order chi connectivity index (χ1) is 9.67. The largest absolute Gasteiger partial charge is 0.507 e. The van der Waals surface area contributed by atoms with Crippen molar-refractivity contribution < 1.29 is 14.2 Å². The molecule has 0 spiro atoms. The van der Waals surface area contributed by atoms with Gasteiger partial charge in [-0.2, -0.15) is 4.98 Å². The van der Waals surface area contributed by atoms with Gasteiger partial charge in [-0.15, -0.1) is 0 Å². The van der Waals surface area contributed by atoms with E-state index in [2.05, 4.69) is 15.0 Å². The number of phenolic OH excluding ortho intramolecular Hbond substituents is 1. The summed E-state index contributed by atoms with van der Waals surface area (Å²) in [6.07, 6.45) is 0. The molecule has 0 aliphatic rings. The Morgan fingerprint density at radius 3 is 2.85 bits per heavy atom. The van der Waals surface area contributed by atoms with Gasteiger partial charge in [-0.3, -0.25) is 0 Å². The summed E-state index contributed by atoms with van der Waals surface area (Å²) in [5.41, 5.74) is 1.62. The maximum atomic E-state index is 13.0. The lowest BCUT2D eigenvalue weighted by Gasteiger charge is -2.00. The number of halogens is 1. The molecule has 2 N–H and O–H groups in total. The standard InChI is InChI=1S/C14H12FN3O2/c1-2-20-12-6-5-10-14(17-12)18-13(16-10)9-4-3-8(15)7-11(9)19/h3-7,19H,2H2,1H3,(H,16,17,18). The topological polar surface area (TPSA) is 71.0 Å². The van der Waals surface area contributed by atoms with Gasteiger partial charge in [0.15, 0.2) is 5.65 Å². The first kappa shape index (κ1) is 12.4. The summed E-state index contributed by atoms with van der Waals surface area (Å²) >= 11 is 0. The van der Waals surface area contributed by atoms with Crippen molar-refractivity contribution in [2.75, 3.05) is 6.61 Å². The van der Waals surface area contributed by atoms with Crippen LogP contribution >= 0.6 is 0 Å². The molecular weight excluding hydrogens is 261 g/mol. The molecule has 0 atom stereocenters. The van der Waals surface area contributed by atoms with Gasteiger partial charge in [0.05, 0.1) is 17.7 Å². The van der Waals surface area contributed by atoms with Gasteiger partial charge in [0.1, 0.15) is 17.4 Å². The molecule has 0 aliphatic heterocycles. The number of aromatic amines is 1. The lowest BCUT2D eigenvalue weighted by molar-refractivity contribution is 0.328. The Morgan fingerprint density at radius 2 is 2.10 bits per heavy atom. The number of nitrogens with one attached hydrogen (secondary N) is 1. The molecule has 3 aromatic rings. The van der Waals surface area contributed by atoms with E-state index < -0.39 is 5.82 Å². The van der Waals surface area contributed by atoms with E-state index >= 15 is 0 Å². The lowest BCUT2D eigenvalue weighted by Crippen LogP contribution is -1.93. The minimum Gasteiger partial charge on any atom is -0.507 e. The van der Waals surface area contributed by atoms with Crippen molar-refractivity contribution >= 4 is 11.2 Å². The third-order valence-corrected chi connectivity index (χ3v) is 2.83. The molecule has 20 heavy (non-hydrogen) atoms. The summed E-state index contributed by atoms with van der Waals surface area (Å²) in [4.78, 5) is 11.6. The van der Waals surface area contributed by atoms with Crippen LogP contribution < -0.4 is 4.74 Å². The fourth-order valence-corrected chi connectivity index (χ4v) is 1.94. The first-order valence-corrected chi connectivity index (χ1v) is 6.16. The number of aromatic hydroxyl groups is 1. The maximum absolute atomic E-state index is 13.0. The molecule has 0 amide bonds. The molecule has 2 heterocycles.